The monoisotopic (exact) mass is 422 g/mol. The number of hydrogen-bond donors (Lipinski definition) is 1. The lowest BCUT2D eigenvalue weighted by molar-refractivity contribution is 0.331. The fraction of sp³-hybridized carbons (Fsp3) is 0.444. The Morgan fingerprint density at radius 1 is 1.22 bits per heavy atom. The molecule has 3 aromatic heterocycles. The van der Waals surface area contributed by atoms with Crippen LogP contribution in [-0.4, -0.2) is 48.1 Å². The first-order chi connectivity index (χ1) is 12.8. The Labute approximate surface area is 167 Å². The molecule has 0 radical (unpaired) electrons. The van der Waals surface area contributed by atoms with Crippen molar-refractivity contribution in [1.29, 1.82) is 0 Å². The molecule has 1 N–H and O–H groups in total. The van der Waals surface area contributed by atoms with Gasteiger partial charge in [0.05, 0.1) is 16.5 Å². The standard InChI is InChI=1S/C18H22N4O2S3/c1-11-12(2)26-18-15(11)17(20-16(21-18)14-5-4-10-25-14)19-13-6-8-22(9-7-13)27(3,23)24/h4-5,10,13H,6-9H2,1-3H3,(H,19,20,21). The maximum absolute atomic E-state index is 11.7. The van der Waals surface area contributed by atoms with E-state index < -0.39 is 10.0 Å². The predicted octanol–water partition coefficient (Wildman–Crippen LogP) is 3.87. The van der Waals surface area contributed by atoms with E-state index in [0.717, 1.165) is 39.6 Å². The van der Waals surface area contributed by atoms with Gasteiger partial charge < -0.3 is 5.32 Å². The second kappa shape index (κ2) is 7.12. The molecular formula is C18H22N4O2S3. The van der Waals surface area contributed by atoms with Gasteiger partial charge in [-0.2, -0.15) is 0 Å². The van der Waals surface area contributed by atoms with Crippen molar-refractivity contribution < 1.29 is 8.42 Å². The van der Waals surface area contributed by atoms with E-state index in [-0.39, 0.29) is 6.04 Å². The maximum atomic E-state index is 11.7. The van der Waals surface area contributed by atoms with Crippen LogP contribution >= 0.6 is 22.7 Å². The van der Waals surface area contributed by atoms with E-state index in [1.54, 1.807) is 27.0 Å². The molecule has 1 saturated heterocycles. The number of fused-ring (bicyclic) bond motifs is 1. The van der Waals surface area contributed by atoms with Gasteiger partial charge in [-0.1, -0.05) is 6.07 Å². The van der Waals surface area contributed by atoms with Crippen LogP contribution in [0, 0.1) is 13.8 Å². The molecule has 1 aliphatic rings. The van der Waals surface area contributed by atoms with E-state index in [0.29, 0.717) is 13.1 Å². The molecule has 0 unspecified atom stereocenters. The number of hydrogen-bond acceptors (Lipinski definition) is 7. The first-order valence-corrected chi connectivity index (χ1v) is 12.4. The quantitative estimate of drug-likeness (QED) is 0.691. The second-order valence-corrected chi connectivity index (χ2v) is 11.1. The van der Waals surface area contributed by atoms with Crippen molar-refractivity contribution in [1.82, 2.24) is 14.3 Å². The number of anilines is 1. The number of rotatable bonds is 4. The molecule has 0 aromatic carbocycles. The molecule has 4 heterocycles. The maximum Gasteiger partial charge on any atom is 0.211 e. The third-order valence-corrected chi connectivity index (χ3v) is 8.30. The summed E-state index contributed by atoms with van der Waals surface area (Å²) < 4.78 is 25.0. The molecule has 4 rings (SSSR count). The van der Waals surface area contributed by atoms with E-state index in [1.807, 2.05) is 17.5 Å². The molecule has 0 amide bonds. The van der Waals surface area contributed by atoms with Crippen LogP contribution in [0.2, 0.25) is 0 Å². The summed E-state index contributed by atoms with van der Waals surface area (Å²) in [6.07, 6.45) is 2.82. The zero-order valence-electron chi connectivity index (χ0n) is 15.5. The average Bonchev–Trinajstić information content (AvgIpc) is 3.24. The van der Waals surface area contributed by atoms with Crippen molar-refractivity contribution in [2.24, 2.45) is 0 Å². The summed E-state index contributed by atoms with van der Waals surface area (Å²) in [7, 11) is -3.11. The van der Waals surface area contributed by atoms with Gasteiger partial charge in [0.25, 0.3) is 0 Å². The number of nitrogens with zero attached hydrogens (tertiary/aromatic N) is 3. The SMILES string of the molecule is Cc1sc2nc(-c3cccs3)nc(NC3CCN(S(C)(=O)=O)CC3)c2c1C. The van der Waals surface area contributed by atoms with Gasteiger partial charge in [-0.15, -0.1) is 22.7 Å². The van der Waals surface area contributed by atoms with Gasteiger partial charge in [-0.05, 0) is 43.7 Å². The van der Waals surface area contributed by atoms with Crippen LogP contribution in [0.1, 0.15) is 23.3 Å². The number of aromatic nitrogens is 2. The molecular weight excluding hydrogens is 400 g/mol. The highest BCUT2D eigenvalue weighted by molar-refractivity contribution is 7.88. The minimum absolute atomic E-state index is 0.205. The molecule has 3 aromatic rings. The average molecular weight is 423 g/mol. The summed E-state index contributed by atoms with van der Waals surface area (Å²) in [5, 5.41) is 6.71. The molecule has 144 valence electrons. The van der Waals surface area contributed by atoms with E-state index in [4.69, 9.17) is 9.97 Å². The molecule has 27 heavy (non-hydrogen) atoms. The van der Waals surface area contributed by atoms with Crippen molar-refractivity contribution in [3.63, 3.8) is 0 Å². The number of thiophene rings is 2. The smallest absolute Gasteiger partial charge is 0.211 e. The van der Waals surface area contributed by atoms with Gasteiger partial charge >= 0.3 is 0 Å². The molecule has 1 aliphatic heterocycles. The minimum Gasteiger partial charge on any atom is -0.367 e. The first-order valence-electron chi connectivity index (χ1n) is 8.86. The number of sulfonamides is 1. The number of piperidine rings is 1. The van der Waals surface area contributed by atoms with Crippen LogP contribution in [0.15, 0.2) is 17.5 Å². The van der Waals surface area contributed by atoms with Crippen molar-refractivity contribution in [3.8, 4) is 10.7 Å². The second-order valence-electron chi connectivity index (χ2n) is 6.92. The molecule has 0 saturated carbocycles. The number of aryl methyl sites for hydroxylation is 2. The summed E-state index contributed by atoms with van der Waals surface area (Å²) in [6.45, 7) is 5.31. The first kappa shape index (κ1) is 18.8. The van der Waals surface area contributed by atoms with Crippen LogP contribution in [-0.2, 0) is 10.0 Å². The van der Waals surface area contributed by atoms with Gasteiger partial charge in [0.15, 0.2) is 5.82 Å². The third-order valence-electron chi connectivity index (χ3n) is 5.03. The van der Waals surface area contributed by atoms with E-state index >= 15 is 0 Å². The highest BCUT2D eigenvalue weighted by Gasteiger charge is 2.26. The van der Waals surface area contributed by atoms with Crippen molar-refractivity contribution in [2.45, 2.75) is 32.7 Å². The largest absolute Gasteiger partial charge is 0.367 e. The molecule has 9 heteroatoms. The molecule has 1 fully saturated rings. The minimum atomic E-state index is -3.11. The van der Waals surface area contributed by atoms with Crippen LogP contribution < -0.4 is 5.32 Å². The summed E-state index contributed by atoms with van der Waals surface area (Å²) in [4.78, 5) is 12.9. The lowest BCUT2D eigenvalue weighted by Crippen LogP contribution is -2.42. The molecule has 0 spiro atoms. The molecule has 6 nitrogen and oxygen atoms in total. The lowest BCUT2D eigenvalue weighted by atomic mass is 10.1. The van der Waals surface area contributed by atoms with Crippen molar-refractivity contribution in [2.75, 3.05) is 24.7 Å². The molecule has 0 aliphatic carbocycles. The van der Waals surface area contributed by atoms with Crippen molar-refractivity contribution in [3.05, 3.63) is 28.0 Å². The van der Waals surface area contributed by atoms with Crippen molar-refractivity contribution >= 4 is 48.7 Å². The van der Waals surface area contributed by atoms with E-state index in [2.05, 4.69) is 19.2 Å². The van der Waals surface area contributed by atoms with Crippen LogP contribution in [0.3, 0.4) is 0 Å². The number of nitrogens with one attached hydrogen (secondary N) is 1. The Kier molecular flexibility index (Phi) is 4.96. The zero-order valence-corrected chi connectivity index (χ0v) is 18.0. The zero-order chi connectivity index (χ0) is 19.2. The van der Waals surface area contributed by atoms with E-state index in [1.165, 1.54) is 16.7 Å². The summed E-state index contributed by atoms with van der Waals surface area (Å²) in [5.41, 5.74) is 1.21. The van der Waals surface area contributed by atoms with Gasteiger partial charge in [0.1, 0.15) is 10.6 Å². The highest BCUT2D eigenvalue weighted by atomic mass is 32.2. The Bertz CT molecular complexity index is 1070. The highest BCUT2D eigenvalue weighted by Crippen LogP contribution is 2.36. The fourth-order valence-corrected chi connectivity index (χ4v) is 5.96. The van der Waals surface area contributed by atoms with Gasteiger partial charge in [-0.25, -0.2) is 22.7 Å². The molecule has 0 bridgehead atoms. The molecule has 0 atom stereocenters. The fourth-order valence-electron chi connectivity index (χ4n) is 3.40. The van der Waals surface area contributed by atoms with Gasteiger partial charge in [0, 0.05) is 24.0 Å². The van der Waals surface area contributed by atoms with Crippen LogP contribution in [0.25, 0.3) is 20.9 Å². The normalized spacial score (nSPS) is 16.9. The Morgan fingerprint density at radius 2 is 1.96 bits per heavy atom. The summed E-state index contributed by atoms with van der Waals surface area (Å²) in [5.74, 6) is 1.61. The predicted molar refractivity (Wildman–Crippen MR) is 113 cm³/mol. The Morgan fingerprint density at radius 3 is 2.59 bits per heavy atom. The third kappa shape index (κ3) is 3.73. The van der Waals surface area contributed by atoms with Crippen LogP contribution in [0.5, 0.6) is 0 Å². The Balaban J connectivity index is 1.66. The van der Waals surface area contributed by atoms with E-state index in [9.17, 15) is 8.42 Å². The van der Waals surface area contributed by atoms with Gasteiger partial charge in [0.2, 0.25) is 10.0 Å². The van der Waals surface area contributed by atoms with Gasteiger partial charge in [-0.3, -0.25) is 0 Å². The summed E-state index contributed by atoms with van der Waals surface area (Å²) >= 11 is 3.33. The summed E-state index contributed by atoms with van der Waals surface area (Å²) in [6, 6.07) is 4.25. The van der Waals surface area contributed by atoms with Crippen LogP contribution in [0.4, 0.5) is 5.82 Å². The Hall–Kier alpha value is -1.55. The topological polar surface area (TPSA) is 75.2 Å². The lowest BCUT2D eigenvalue weighted by Gasteiger charge is -2.31.